The number of alkyl halides is 5. The van der Waals surface area contributed by atoms with Crippen LogP contribution in [0.3, 0.4) is 0 Å². The van der Waals surface area contributed by atoms with Crippen molar-refractivity contribution in [2.24, 2.45) is 5.10 Å². The summed E-state index contributed by atoms with van der Waals surface area (Å²) in [6.07, 6.45) is 0.648. The average Bonchev–Trinajstić information content (AvgIpc) is 2.49. The van der Waals surface area contributed by atoms with Crippen molar-refractivity contribution >= 4 is 63.8 Å². The summed E-state index contributed by atoms with van der Waals surface area (Å²) in [4.78, 5) is 1.50. The van der Waals surface area contributed by atoms with Gasteiger partial charge in [0.1, 0.15) is 12.5 Å². The third-order valence-electron chi connectivity index (χ3n) is 1.74. The van der Waals surface area contributed by atoms with Crippen LogP contribution in [0.5, 0.6) is 0 Å². The fraction of sp³-hybridized carbons (Fsp3) is 0.833. The van der Waals surface area contributed by atoms with E-state index in [0.717, 1.165) is 0 Å². The summed E-state index contributed by atoms with van der Waals surface area (Å²) in [5.41, 5.74) is 2.72. The Morgan fingerprint density at radius 3 is 2.36 bits per heavy atom. The Morgan fingerprint density at radius 1 is 1.36 bits per heavy atom. The van der Waals surface area contributed by atoms with E-state index < -0.39 is 8.25 Å². The van der Waals surface area contributed by atoms with Gasteiger partial charge in [0, 0.05) is 6.42 Å². The zero-order valence-electron chi connectivity index (χ0n) is 7.20. The van der Waals surface area contributed by atoms with Crippen LogP contribution in [0.1, 0.15) is 13.3 Å². The van der Waals surface area contributed by atoms with Gasteiger partial charge in [0.05, 0.1) is 0 Å². The van der Waals surface area contributed by atoms with E-state index in [9.17, 15) is 0 Å². The topological polar surface area (TPSA) is 27.6 Å². The first kappa shape index (κ1) is 12.8. The molecule has 0 saturated carbocycles. The second kappa shape index (κ2) is 4.30. The molecule has 0 saturated heterocycles. The molecule has 14 heavy (non-hydrogen) atoms. The van der Waals surface area contributed by atoms with E-state index in [1.165, 1.54) is 4.90 Å². The van der Waals surface area contributed by atoms with Crippen molar-refractivity contribution in [2.45, 2.75) is 21.6 Å². The van der Waals surface area contributed by atoms with Crippen molar-refractivity contribution in [3.8, 4) is 0 Å². The summed E-state index contributed by atoms with van der Waals surface area (Å²) in [6, 6.07) is 0. The first-order valence-corrected chi connectivity index (χ1v) is 5.71. The van der Waals surface area contributed by atoms with Gasteiger partial charge in [0.2, 0.25) is 8.25 Å². The maximum atomic E-state index is 5.97. The standard InChI is InChI=1S/C6H8Cl5N3/c1-2-4-13-12-3-14(4)6(10,11)5(7,8)9/h12H,2-3H2,1H3. The molecule has 82 valence electrons. The third-order valence-corrected chi connectivity index (χ3v) is 4.12. The van der Waals surface area contributed by atoms with Gasteiger partial charge in [-0.1, -0.05) is 64.9 Å². The van der Waals surface area contributed by atoms with Gasteiger partial charge in [-0.2, -0.15) is 5.10 Å². The lowest BCUT2D eigenvalue weighted by atomic mass is 10.4. The molecule has 0 aromatic carbocycles. The number of hydrogen-bond acceptors (Lipinski definition) is 3. The number of hydrogen-bond donors (Lipinski definition) is 1. The van der Waals surface area contributed by atoms with Crippen LogP contribution in [0.4, 0.5) is 0 Å². The molecule has 0 aromatic rings. The Balaban J connectivity index is 2.89. The van der Waals surface area contributed by atoms with Gasteiger partial charge in [0.15, 0.2) is 0 Å². The smallest absolute Gasteiger partial charge is 0.241 e. The number of nitrogens with zero attached hydrogens (tertiary/aromatic N) is 2. The van der Waals surface area contributed by atoms with E-state index in [0.29, 0.717) is 18.9 Å². The van der Waals surface area contributed by atoms with E-state index in [-0.39, 0.29) is 0 Å². The van der Waals surface area contributed by atoms with Crippen molar-refractivity contribution in [2.75, 3.05) is 6.67 Å². The van der Waals surface area contributed by atoms with Gasteiger partial charge in [-0.3, -0.25) is 5.43 Å². The quantitative estimate of drug-likeness (QED) is 0.627. The van der Waals surface area contributed by atoms with Crippen molar-refractivity contribution in [3.05, 3.63) is 0 Å². The van der Waals surface area contributed by atoms with Gasteiger partial charge >= 0.3 is 0 Å². The second-order valence-electron chi connectivity index (χ2n) is 2.66. The van der Waals surface area contributed by atoms with Crippen LogP contribution in [0.25, 0.3) is 0 Å². The number of amidine groups is 1. The minimum absolute atomic E-state index is 0.323. The largest absolute Gasteiger partial charge is 0.304 e. The fourth-order valence-corrected chi connectivity index (χ4v) is 1.65. The van der Waals surface area contributed by atoms with Crippen LogP contribution in [-0.4, -0.2) is 25.7 Å². The minimum atomic E-state index is -1.81. The molecule has 1 rings (SSSR count). The minimum Gasteiger partial charge on any atom is -0.304 e. The number of nitrogens with one attached hydrogen (secondary N) is 1. The predicted octanol–water partition coefficient (Wildman–Crippen LogP) is 3.07. The van der Waals surface area contributed by atoms with Gasteiger partial charge < -0.3 is 4.90 Å². The first-order valence-electron chi connectivity index (χ1n) is 3.82. The highest BCUT2D eigenvalue weighted by atomic mass is 35.6. The predicted molar refractivity (Wildman–Crippen MR) is 62.3 cm³/mol. The van der Waals surface area contributed by atoms with Crippen LogP contribution in [-0.2, 0) is 0 Å². The lowest BCUT2D eigenvalue weighted by molar-refractivity contribution is 0.357. The van der Waals surface area contributed by atoms with E-state index in [2.05, 4.69) is 10.5 Å². The summed E-state index contributed by atoms with van der Waals surface area (Å²) in [5, 5.41) is 3.96. The first-order chi connectivity index (χ1) is 6.30. The molecule has 0 spiro atoms. The van der Waals surface area contributed by atoms with Crippen LogP contribution < -0.4 is 5.43 Å². The normalized spacial score (nSPS) is 18.1. The molecular weight excluding hydrogens is 291 g/mol. The molecule has 1 aliphatic heterocycles. The summed E-state index contributed by atoms with van der Waals surface area (Å²) in [5.74, 6) is 0.654. The Labute approximate surface area is 107 Å². The van der Waals surface area contributed by atoms with E-state index in [1.54, 1.807) is 0 Å². The molecule has 3 nitrogen and oxygen atoms in total. The van der Waals surface area contributed by atoms with E-state index in [1.807, 2.05) is 6.92 Å². The molecule has 0 bridgehead atoms. The highest BCUT2D eigenvalue weighted by Crippen LogP contribution is 2.48. The van der Waals surface area contributed by atoms with Gasteiger partial charge in [-0.25, -0.2) is 0 Å². The maximum absolute atomic E-state index is 5.97. The van der Waals surface area contributed by atoms with Gasteiger partial charge in [0.25, 0.3) is 0 Å². The molecule has 1 heterocycles. The van der Waals surface area contributed by atoms with Crippen molar-refractivity contribution < 1.29 is 0 Å². The van der Waals surface area contributed by atoms with Crippen molar-refractivity contribution in [1.29, 1.82) is 0 Å². The number of hydrazone groups is 1. The third kappa shape index (κ3) is 2.27. The molecule has 1 aliphatic rings. The summed E-state index contributed by atoms with van der Waals surface area (Å²) >= 11 is 28.9. The number of rotatable bonds is 2. The van der Waals surface area contributed by atoms with E-state index >= 15 is 0 Å². The maximum Gasteiger partial charge on any atom is 0.241 e. The SMILES string of the molecule is CCC1=NNCN1C(Cl)(Cl)C(Cl)(Cl)Cl. The van der Waals surface area contributed by atoms with Crippen LogP contribution >= 0.6 is 58.0 Å². The summed E-state index contributed by atoms with van der Waals surface area (Å²) in [7, 11) is 0. The van der Waals surface area contributed by atoms with Crippen LogP contribution in [0, 0.1) is 0 Å². The molecule has 0 fully saturated rings. The lowest BCUT2D eigenvalue weighted by Gasteiger charge is -2.36. The second-order valence-corrected chi connectivity index (χ2v) is 6.23. The molecule has 1 N–H and O–H groups in total. The van der Waals surface area contributed by atoms with Crippen LogP contribution in [0.2, 0.25) is 0 Å². The summed E-state index contributed by atoms with van der Waals surface area (Å²) in [6.45, 7) is 2.23. The Kier molecular flexibility index (Phi) is 3.93. The van der Waals surface area contributed by atoms with Gasteiger partial charge in [-0.15, -0.1) is 0 Å². The Hall–Kier alpha value is 0.720. The Bertz CT molecular complexity index is 246. The zero-order chi connectivity index (χ0) is 11.0. The molecule has 8 heteroatoms. The molecule has 0 aliphatic carbocycles. The van der Waals surface area contributed by atoms with Crippen LogP contribution in [0.15, 0.2) is 5.10 Å². The molecule has 0 radical (unpaired) electrons. The highest BCUT2D eigenvalue weighted by molar-refractivity contribution is 6.75. The van der Waals surface area contributed by atoms with E-state index in [4.69, 9.17) is 58.0 Å². The average molecular weight is 299 g/mol. The molecule has 0 amide bonds. The molecule has 0 unspecified atom stereocenters. The number of halogens is 5. The zero-order valence-corrected chi connectivity index (χ0v) is 11.0. The molecule has 0 aromatic heterocycles. The summed E-state index contributed by atoms with van der Waals surface area (Å²) < 4.78 is -3.44. The lowest BCUT2D eigenvalue weighted by Crippen LogP contribution is -2.51. The van der Waals surface area contributed by atoms with Crippen molar-refractivity contribution in [1.82, 2.24) is 10.3 Å². The highest BCUT2D eigenvalue weighted by Gasteiger charge is 2.52. The molecule has 0 atom stereocenters. The Morgan fingerprint density at radius 2 is 1.93 bits per heavy atom. The van der Waals surface area contributed by atoms with Gasteiger partial charge in [-0.05, 0) is 0 Å². The van der Waals surface area contributed by atoms with Crippen molar-refractivity contribution in [3.63, 3.8) is 0 Å². The monoisotopic (exact) mass is 297 g/mol. The molecular formula is C6H8Cl5N3. The fourth-order valence-electron chi connectivity index (χ4n) is 1.03.